The fourth-order valence-corrected chi connectivity index (χ4v) is 24.1. The van der Waals surface area contributed by atoms with E-state index in [4.69, 9.17) is 8.85 Å². The molecule has 0 bridgehead atoms. The van der Waals surface area contributed by atoms with Crippen LogP contribution in [0.2, 0.25) is 26.2 Å². The Labute approximate surface area is 117 Å². The molecule has 0 radical (unpaired) electrons. The van der Waals surface area contributed by atoms with Gasteiger partial charge in [0.1, 0.15) is 0 Å². The first-order valence-corrected chi connectivity index (χ1v) is 17.4. The van der Waals surface area contributed by atoms with Gasteiger partial charge < -0.3 is 8.85 Å². The van der Waals surface area contributed by atoms with Crippen LogP contribution in [-0.2, 0) is 8.85 Å². The molecule has 0 spiro atoms. The predicted molar refractivity (Wildman–Crippen MR) is 88.6 cm³/mol. The van der Waals surface area contributed by atoms with E-state index >= 15 is 0 Å². The summed E-state index contributed by atoms with van der Waals surface area (Å²) >= 11 is 0. The van der Waals surface area contributed by atoms with E-state index in [0.717, 1.165) is 13.2 Å². The standard InChI is InChI=1S/C8H22O2S4Si2/c1-7-9-15(3,4)13-11-12-14-16(5,6)10-8-2/h7-8H2,1-6H3. The summed E-state index contributed by atoms with van der Waals surface area (Å²) in [6.45, 7) is 14.7. The van der Waals surface area contributed by atoms with Crippen molar-refractivity contribution in [3.63, 3.8) is 0 Å². The van der Waals surface area contributed by atoms with Gasteiger partial charge in [0, 0.05) is 13.2 Å². The van der Waals surface area contributed by atoms with Crippen LogP contribution in [0.25, 0.3) is 0 Å². The number of rotatable bonds is 9. The summed E-state index contributed by atoms with van der Waals surface area (Å²) < 4.78 is 11.5. The molecule has 0 aromatic heterocycles. The molecule has 0 aromatic carbocycles. The lowest BCUT2D eigenvalue weighted by Gasteiger charge is -2.22. The van der Waals surface area contributed by atoms with E-state index in [1.165, 1.54) is 0 Å². The second-order valence-corrected chi connectivity index (χ2v) is 23.9. The summed E-state index contributed by atoms with van der Waals surface area (Å²) in [4.78, 5) is 0. The molecule has 0 rings (SSSR count). The van der Waals surface area contributed by atoms with Gasteiger partial charge in [-0.1, -0.05) is 20.5 Å². The third kappa shape index (κ3) is 9.75. The predicted octanol–water partition coefficient (Wildman–Crippen LogP) is 5.14. The van der Waals surface area contributed by atoms with Crippen LogP contribution in [0.15, 0.2) is 0 Å². The molecular weight excluding hydrogens is 313 g/mol. The van der Waals surface area contributed by atoms with Crippen molar-refractivity contribution < 1.29 is 8.85 Å². The van der Waals surface area contributed by atoms with Crippen molar-refractivity contribution in [2.24, 2.45) is 0 Å². The lowest BCUT2D eigenvalue weighted by Crippen LogP contribution is -2.25. The summed E-state index contributed by atoms with van der Waals surface area (Å²) in [5, 5.41) is 0. The Hall–Kier alpha value is 1.75. The maximum Gasteiger partial charge on any atom is 0.259 e. The molecule has 0 N–H and O–H groups in total. The number of hydrogen-bond donors (Lipinski definition) is 0. The molecule has 0 aliphatic rings. The Kier molecular flexibility index (Phi) is 9.75. The van der Waals surface area contributed by atoms with Gasteiger partial charge in [0.2, 0.25) is 0 Å². The highest BCUT2D eigenvalue weighted by molar-refractivity contribution is 9.31. The monoisotopic (exact) mass is 334 g/mol. The summed E-state index contributed by atoms with van der Waals surface area (Å²) in [5.74, 6) is 0. The molecule has 0 amide bonds. The SMILES string of the molecule is CCO[Si](C)(C)SSSS[Si](C)(C)OCC. The van der Waals surface area contributed by atoms with Crippen molar-refractivity contribution in [3.05, 3.63) is 0 Å². The van der Waals surface area contributed by atoms with Crippen molar-refractivity contribution in [3.8, 4) is 0 Å². The molecule has 0 aromatic rings. The third-order valence-electron chi connectivity index (χ3n) is 1.48. The largest absolute Gasteiger partial charge is 0.407 e. The number of hydrogen-bond acceptors (Lipinski definition) is 6. The third-order valence-corrected chi connectivity index (χ3v) is 22.3. The van der Waals surface area contributed by atoms with Gasteiger partial charge in [-0.2, -0.15) is 0 Å². The lowest BCUT2D eigenvalue weighted by atomic mass is 10.9. The molecular formula is C8H22O2S4Si2. The Morgan fingerprint density at radius 1 is 0.750 bits per heavy atom. The zero-order valence-corrected chi connectivity index (χ0v) is 16.1. The van der Waals surface area contributed by atoms with E-state index in [0.29, 0.717) is 0 Å². The topological polar surface area (TPSA) is 18.5 Å². The van der Waals surface area contributed by atoms with Gasteiger partial charge in [0.05, 0.1) is 0 Å². The molecule has 0 saturated heterocycles. The highest BCUT2D eigenvalue weighted by Gasteiger charge is 2.26. The molecule has 0 unspecified atom stereocenters. The summed E-state index contributed by atoms with van der Waals surface area (Å²) in [5.41, 5.74) is 0. The van der Waals surface area contributed by atoms with Crippen molar-refractivity contribution in [2.45, 2.75) is 40.0 Å². The average molecular weight is 335 g/mol. The zero-order chi connectivity index (χ0) is 12.7. The fourth-order valence-electron chi connectivity index (χ4n) is 0.935. The Morgan fingerprint density at radius 2 is 1.06 bits per heavy atom. The van der Waals surface area contributed by atoms with Crippen LogP contribution >= 0.6 is 40.1 Å². The molecule has 0 aliphatic heterocycles. The van der Waals surface area contributed by atoms with Crippen LogP contribution in [0.4, 0.5) is 0 Å². The zero-order valence-electron chi connectivity index (χ0n) is 10.9. The first kappa shape index (κ1) is 17.8. The van der Waals surface area contributed by atoms with Gasteiger partial charge in [0.25, 0.3) is 14.9 Å². The Balaban J connectivity index is 3.67. The van der Waals surface area contributed by atoms with Crippen molar-refractivity contribution in [1.82, 2.24) is 0 Å². The van der Waals surface area contributed by atoms with E-state index < -0.39 is 14.9 Å². The molecule has 0 saturated carbocycles. The molecule has 16 heavy (non-hydrogen) atoms. The normalized spacial score (nSPS) is 13.1. The Bertz CT molecular complexity index is 173. The average Bonchev–Trinajstić information content (AvgIpc) is 2.12. The first-order chi connectivity index (χ1) is 7.33. The van der Waals surface area contributed by atoms with E-state index in [9.17, 15) is 0 Å². The van der Waals surface area contributed by atoms with Crippen LogP contribution in [0.1, 0.15) is 13.8 Å². The molecule has 0 fully saturated rings. The van der Waals surface area contributed by atoms with Crippen molar-refractivity contribution in [1.29, 1.82) is 0 Å². The summed E-state index contributed by atoms with van der Waals surface area (Å²) in [6, 6.07) is 0. The van der Waals surface area contributed by atoms with Gasteiger partial charge in [0.15, 0.2) is 0 Å². The van der Waals surface area contributed by atoms with Crippen LogP contribution in [-0.4, -0.2) is 28.1 Å². The van der Waals surface area contributed by atoms with Gasteiger partial charge in [-0.25, -0.2) is 0 Å². The van der Waals surface area contributed by atoms with Crippen LogP contribution < -0.4 is 0 Å². The van der Waals surface area contributed by atoms with Crippen LogP contribution in [0, 0.1) is 0 Å². The second-order valence-electron chi connectivity index (χ2n) is 3.97. The summed E-state index contributed by atoms with van der Waals surface area (Å²) in [6.07, 6.45) is 0. The molecule has 98 valence electrons. The van der Waals surface area contributed by atoms with E-state index in [-0.39, 0.29) is 0 Å². The van der Waals surface area contributed by atoms with Gasteiger partial charge in [-0.15, -0.1) is 0 Å². The van der Waals surface area contributed by atoms with Crippen LogP contribution in [0.5, 0.6) is 0 Å². The minimum Gasteiger partial charge on any atom is -0.407 e. The molecule has 8 heteroatoms. The molecule has 0 atom stereocenters. The lowest BCUT2D eigenvalue weighted by molar-refractivity contribution is 0.345. The molecule has 2 nitrogen and oxygen atoms in total. The fraction of sp³-hybridized carbons (Fsp3) is 1.00. The highest BCUT2D eigenvalue weighted by Crippen LogP contribution is 2.50. The van der Waals surface area contributed by atoms with E-state index in [1.54, 1.807) is 0 Å². The summed E-state index contributed by atoms with van der Waals surface area (Å²) in [7, 11) is 4.49. The second kappa shape index (κ2) is 8.79. The first-order valence-electron chi connectivity index (χ1n) is 5.31. The van der Waals surface area contributed by atoms with Crippen LogP contribution in [0.3, 0.4) is 0 Å². The van der Waals surface area contributed by atoms with Gasteiger partial charge in [-0.05, 0) is 59.7 Å². The quantitative estimate of drug-likeness (QED) is 0.328. The Morgan fingerprint density at radius 3 is 1.31 bits per heavy atom. The smallest absolute Gasteiger partial charge is 0.259 e. The maximum atomic E-state index is 5.75. The van der Waals surface area contributed by atoms with E-state index in [1.807, 2.05) is 40.1 Å². The van der Waals surface area contributed by atoms with Crippen molar-refractivity contribution >= 4 is 55.1 Å². The minimum atomic E-state index is -1.50. The van der Waals surface area contributed by atoms with Gasteiger partial charge in [-0.3, -0.25) is 0 Å². The highest BCUT2D eigenvalue weighted by atomic mass is 33.7. The van der Waals surface area contributed by atoms with E-state index in [2.05, 4.69) is 40.0 Å². The van der Waals surface area contributed by atoms with Crippen molar-refractivity contribution in [2.75, 3.05) is 13.2 Å². The molecule has 0 aliphatic carbocycles. The van der Waals surface area contributed by atoms with Gasteiger partial charge >= 0.3 is 0 Å². The molecule has 0 heterocycles. The maximum absolute atomic E-state index is 5.75. The minimum absolute atomic E-state index is 0.823.